The summed E-state index contributed by atoms with van der Waals surface area (Å²) in [4.78, 5) is 0. The second kappa shape index (κ2) is 12.3. The van der Waals surface area contributed by atoms with Crippen LogP contribution in [-0.2, 0) is 4.52 Å². The Morgan fingerprint density at radius 1 is 0.722 bits per heavy atom. The molecular formula is C14H33N2OP. The number of hydrogen-bond donors (Lipinski definition) is 0. The summed E-state index contributed by atoms with van der Waals surface area (Å²) < 4.78 is 11.1. The van der Waals surface area contributed by atoms with E-state index in [1.165, 1.54) is 25.7 Å². The number of hydrogen-bond acceptors (Lipinski definition) is 3. The number of nitrogens with zero attached hydrogens (tertiary/aromatic N) is 2. The molecule has 110 valence electrons. The molecule has 0 saturated carbocycles. The molecule has 0 N–H and O–H groups in total. The summed E-state index contributed by atoms with van der Waals surface area (Å²) in [6.45, 7) is 16.4. The van der Waals surface area contributed by atoms with Gasteiger partial charge in [-0.1, -0.05) is 53.9 Å². The van der Waals surface area contributed by atoms with E-state index in [1.807, 2.05) is 0 Å². The monoisotopic (exact) mass is 276 g/mol. The highest BCUT2D eigenvalue weighted by Crippen LogP contribution is 2.44. The first-order valence-electron chi connectivity index (χ1n) is 7.67. The molecule has 18 heavy (non-hydrogen) atoms. The summed E-state index contributed by atoms with van der Waals surface area (Å²) >= 11 is 0. The molecule has 0 saturated heterocycles. The first kappa shape index (κ1) is 18.3. The van der Waals surface area contributed by atoms with Crippen molar-refractivity contribution < 1.29 is 4.52 Å². The molecular weight excluding hydrogens is 243 g/mol. The zero-order chi connectivity index (χ0) is 13.8. The van der Waals surface area contributed by atoms with E-state index in [1.54, 1.807) is 0 Å². The molecule has 0 aliphatic heterocycles. The molecule has 0 aliphatic carbocycles. The maximum Gasteiger partial charge on any atom is 0.187 e. The van der Waals surface area contributed by atoms with E-state index in [4.69, 9.17) is 4.52 Å². The highest BCUT2D eigenvalue weighted by atomic mass is 31.2. The van der Waals surface area contributed by atoms with Gasteiger partial charge in [-0.05, 0) is 6.42 Å². The topological polar surface area (TPSA) is 15.7 Å². The fourth-order valence-electron chi connectivity index (χ4n) is 1.95. The van der Waals surface area contributed by atoms with Crippen molar-refractivity contribution in [2.45, 2.75) is 60.3 Å². The second-order valence-electron chi connectivity index (χ2n) is 4.42. The van der Waals surface area contributed by atoms with E-state index < -0.39 is 8.45 Å². The fourth-order valence-corrected chi connectivity index (χ4v) is 3.89. The van der Waals surface area contributed by atoms with E-state index in [0.29, 0.717) is 0 Å². The molecule has 0 aromatic rings. The highest BCUT2D eigenvalue weighted by Gasteiger charge is 2.22. The molecule has 3 nitrogen and oxygen atoms in total. The minimum absolute atomic E-state index is 0.542. The van der Waals surface area contributed by atoms with Gasteiger partial charge in [0.25, 0.3) is 0 Å². The predicted molar refractivity (Wildman–Crippen MR) is 82.9 cm³/mol. The normalized spacial score (nSPS) is 12.0. The van der Waals surface area contributed by atoms with Gasteiger partial charge in [0.05, 0.1) is 6.61 Å². The zero-order valence-corrected chi connectivity index (χ0v) is 14.0. The predicted octanol–water partition coefficient (Wildman–Crippen LogP) is 4.49. The Hall–Kier alpha value is 0.310. The van der Waals surface area contributed by atoms with Crippen LogP contribution in [0.1, 0.15) is 60.3 Å². The molecule has 0 fully saturated rings. The van der Waals surface area contributed by atoms with Crippen molar-refractivity contribution in [3.63, 3.8) is 0 Å². The molecule has 0 aromatic heterocycles. The Morgan fingerprint density at radius 3 is 1.61 bits per heavy atom. The lowest BCUT2D eigenvalue weighted by Gasteiger charge is -2.36. The van der Waals surface area contributed by atoms with Gasteiger partial charge in [-0.15, -0.1) is 0 Å². The average molecular weight is 276 g/mol. The molecule has 0 atom stereocenters. The Morgan fingerprint density at radius 2 is 1.22 bits per heavy atom. The average Bonchev–Trinajstić information content (AvgIpc) is 2.40. The van der Waals surface area contributed by atoms with Crippen molar-refractivity contribution in [3.05, 3.63) is 0 Å². The van der Waals surface area contributed by atoms with Crippen molar-refractivity contribution in [2.24, 2.45) is 0 Å². The van der Waals surface area contributed by atoms with Crippen molar-refractivity contribution in [1.82, 2.24) is 9.34 Å². The van der Waals surface area contributed by atoms with Gasteiger partial charge in [-0.25, -0.2) is 9.34 Å². The highest BCUT2D eigenvalue weighted by molar-refractivity contribution is 7.47. The van der Waals surface area contributed by atoms with E-state index in [2.05, 4.69) is 44.0 Å². The first-order valence-corrected chi connectivity index (χ1v) is 8.84. The van der Waals surface area contributed by atoms with Crippen LogP contribution in [0, 0.1) is 0 Å². The molecule has 0 amide bonds. The Bertz CT molecular complexity index is 161. The van der Waals surface area contributed by atoms with E-state index in [0.717, 1.165) is 32.8 Å². The molecule has 0 unspecified atom stereocenters. The first-order chi connectivity index (χ1) is 8.74. The van der Waals surface area contributed by atoms with Gasteiger partial charge in [0.1, 0.15) is 0 Å². The van der Waals surface area contributed by atoms with Gasteiger partial charge < -0.3 is 4.52 Å². The molecule has 0 rings (SSSR count). The minimum Gasteiger partial charge on any atom is -0.331 e. The lowest BCUT2D eigenvalue weighted by molar-refractivity contribution is 0.258. The maximum absolute atomic E-state index is 6.19. The molecule has 4 heteroatoms. The van der Waals surface area contributed by atoms with Crippen LogP contribution in [0.5, 0.6) is 0 Å². The summed E-state index contributed by atoms with van der Waals surface area (Å²) in [5.41, 5.74) is 0. The van der Waals surface area contributed by atoms with Crippen LogP contribution in [-0.4, -0.2) is 42.1 Å². The fraction of sp³-hybridized carbons (Fsp3) is 1.00. The largest absolute Gasteiger partial charge is 0.331 e. The lowest BCUT2D eigenvalue weighted by atomic mass is 10.2. The van der Waals surface area contributed by atoms with Crippen LogP contribution in [0.2, 0.25) is 0 Å². The van der Waals surface area contributed by atoms with Crippen LogP contribution >= 0.6 is 8.45 Å². The van der Waals surface area contributed by atoms with Gasteiger partial charge in [-0.3, -0.25) is 0 Å². The number of unbranched alkanes of at least 4 members (excludes halogenated alkanes) is 3. The minimum atomic E-state index is -0.542. The Labute approximate surface area is 116 Å². The van der Waals surface area contributed by atoms with Crippen LogP contribution in [0.25, 0.3) is 0 Å². The zero-order valence-electron chi connectivity index (χ0n) is 13.1. The number of rotatable bonds is 12. The van der Waals surface area contributed by atoms with Gasteiger partial charge in [0.15, 0.2) is 8.45 Å². The summed E-state index contributed by atoms with van der Waals surface area (Å²) in [6, 6.07) is 0. The van der Waals surface area contributed by atoms with Crippen molar-refractivity contribution in [1.29, 1.82) is 0 Å². The Balaban J connectivity index is 4.19. The Kier molecular flexibility index (Phi) is 12.6. The quantitative estimate of drug-likeness (QED) is 0.386. The molecule has 0 aliphatic rings. The lowest BCUT2D eigenvalue weighted by Crippen LogP contribution is -2.30. The molecule has 0 aromatic carbocycles. The van der Waals surface area contributed by atoms with Gasteiger partial charge >= 0.3 is 0 Å². The third-order valence-electron chi connectivity index (χ3n) is 3.15. The van der Waals surface area contributed by atoms with Crippen LogP contribution in [0.3, 0.4) is 0 Å². The second-order valence-corrected chi connectivity index (χ2v) is 6.32. The van der Waals surface area contributed by atoms with Gasteiger partial charge in [0, 0.05) is 26.2 Å². The van der Waals surface area contributed by atoms with Crippen LogP contribution in [0.4, 0.5) is 0 Å². The maximum atomic E-state index is 6.19. The van der Waals surface area contributed by atoms with E-state index in [-0.39, 0.29) is 0 Å². The van der Waals surface area contributed by atoms with E-state index >= 15 is 0 Å². The molecule has 0 bridgehead atoms. The summed E-state index contributed by atoms with van der Waals surface area (Å²) in [6.07, 6.45) is 5.13. The third-order valence-corrected chi connectivity index (χ3v) is 5.66. The van der Waals surface area contributed by atoms with Crippen LogP contribution in [0.15, 0.2) is 0 Å². The van der Waals surface area contributed by atoms with Gasteiger partial charge in [0.2, 0.25) is 0 Å². The molecule has 0 heterocycles. The molecule has 0 spiro atoms. The van der Waals surface area contributed by atoms with Gasteiger partial charge in [-0.2, -0.15) is 0 Å². The summed E-state index contributed by atoms with van der Waals surface area (Å²) in [5.74, 6) is 0. The SMILES string of the molecule is CCCCCCOP(N(CC)CC)N(CC)CC. The summed E-state index contributed by atoms with van der Waals surface area (Å²) in [7, 11) is -0.542. The molecule has 0 radical (unpaired) electrons. The smallest absolute Gasteiger partial charge is 0.187 e. The van der Waals surface area contributed by atoms with Crippen LogP contribution < -0.4 is 0 Å². The third kappa shape index (κ3) is 7.04. The van der Waals surface area contributed by atoms with Crippen molar-refractivity contribution in [3.8, 4) is 0 Å². The summed E-state index contributed by atoms with van der Waals surface area (Å²) in [5, 5.41) is 0. The van der Waals surface area contributed by atoms with Crippen molar-refractivity contribution >= 4 is 8.45 Å². The van der Waals surface area contributed by atoms with E-state index in [9.17, 15) is 0 Å². The standard InChI is InChI=1S/C14H33N2OP/c1-6-11-12-13-14-17-18(15(7-2)8-3)16(9-4)10-5/h6-14H2,1-5H3. The van der Waals surface area contributed by atoms with Crippen molar-refractivity contribution in [2.75, 3.05) is 32.8 Å².